The molecule has 3 aromatic rings. The molecule has 0 saturated carbocycles. The molecule has 0 unspecified atom stereocenters. The smallest absolute Gasteiger partial charge is 0.323 e. The average Bonchev–Trinajstić information content (AvgIpc) is 3.31. The third kappa shape index (κ3) is 3.20. The fourth-order valence-corrected chi connectivity index (χ4v) is 4.59. The molecule has 2 amide bonds. The van der Waals surface area contributed by atoms with Gasteiger partial charge < -0.3 is 14.4 Å². The number of fused-ring (bicyclic) bond motifs is 1. The van der Waals surface area contributed by atoms with E-state index >= 15 is 0 Å². The highest BCUT2D eigenvalue weighted by atomic mass is 32.1. The number of methoxy groups -OCH3 is 1. The molecule has 1 saturated heterocycles. The number of anilines is 1. The Labute approximate surface area is 153 Å². The van der Waals surface area contributed by atoms with Crippen LogP contribution in [0.25, 0.3) is 20.7 Å². The Morgan fingerprint density at radius 2 is 2.16 bits per heavy atom. The SMILES string of the molecule is COc1ccc(-c2cccs2)c2sc(NC(=O)N3CCOCC3)nc12. The van der Waals surface area contributed by atoms with Crippen molar-refractivity contribution in [2.75, 3.05) is 38.7 Å². The van der Waals surface area contributed by atoms with E-state index in [4.69, 9.17) is 9.47 Å². The molecule has 1 aliphatic rings. The zero-order valence-electron chi connectivity index (χ0n) is 13.7. The first kappa shape index (κ1) is 16.3. The van der Waals surface area contributed by atoms with Gasteiger partial charge in [0.05, 0.1) is 25.0 Å². The summed E-state index contributed by atoms with van der Waals surface area (Å²) < 4.78 is 11.7. The van der Waals surface area contributed by atoms with Gasteiger partial charge in [-0.2, -0.15) is 0 Å². The number of hydrogen-bond acceptors (Lipinski definition) is 6. The number of carbonyl (C=O) groups is 1. The number of morpholine rings is 1. The quantitative estimate of drug-likeness (QED) is 0.754. The van der Waals surface area contributed by atoms with Crippen molar-refractivity contribution in [3.05, 3.63) is 29.6 Å². The number of hydrogen-bond donors (Lipinski definition) is 1. The van der Waals surface area contributed by atoms with E-state index in [1.54, 1.807) is 23.3 Å². The summed E-state index contributed by atoms with van der Waals surface area (Å²) in [6.07, 6.45) is 0. The van der Waals surface area contributed by atoms with Crippen molar-refractivity contribution in [1.29, 1.82) is 0 Å². The largest absolute Gasteiger partial charge is 0.494 e. The molecule has 1 fully saturated rings. The van der Waals surface area contributed by atoms with Crippen LogP contribution in [-0.2, 0) is 4.74 Å². The molecule has 130 valence electrons. The van der Waals surface area contributed by atoms with E-state index in [-0.39, 0.29) is 6.03 Å². The summed E-state index contributed by atoms with van der Waals surface area (Å²) >= 11 is 3.15. The molecular formula is C17H17N3O3S2. The lowest BCUT2D eigenvalue weighted by atomic mass is 10.1. The van der Waals surface area contributed by atoms with Gasteiger partial charge in [0.2, 0.25) is 0 Å². The minimum Gasteiger partial charge on any atom is -0.494 e. The molecule has 1 N–H and O–H groups in total. The van der Waals surface area contributed by atoms with Crippen molar-refractivity contribution in [3.8, 4) is 16.2 Å². The minimum atomic E-state index is -0.140. The fraction of sp³-hybridized carbons (Fsp3) is 0.294. The molecule has 6 nitrogen and oxygen atoms in total. The molecule has 3 heterocycles. The number of aromatic nitrogens is 1. The second-order valence-electron chi connectivity index (χ2n) is 5.52. The molecule has 2 aromatic heterocycles. The highest BCUT2D eigenvalue weighted by Gasteiger charge is 2.20. The summed E-state index contributed by atoms with van der Waals surface area (Å²) in [5.74, 6) is 0.707. The minimum absolute atomic E-state index is 0.140. The van der Waals surface area contributed by atoms with Gasteiger partial charge in [0.1, 0.15) is 11.3 Å². The number of carbonyl (C=O) groups excluding carboxylic acids is 1. The van der Waals surface area contributed by atoms with Crippen molar-refractivity contribution in [3.63, 3.8) is 0 Å². The Kier molecular flexibility index (Phi) is 4.56. The Bertz CT molecular complexity index is 886. The van der Waals surface area contributed by atoms with Crippen LogP contribution >= 0.6 is 22.7 Å². The van der Waals surface area contributed by atoms with Crippen molar-refractivity contribution < 1.29 is 14.3 Å². The van der Waals surface area contributed by atoms with E-state index in [0.717, 1.165) is 15.8 Å². The predicted molar refractivity (Wildman–Crippen MR) is 101 cm³/mol. The molecule has 4 rings (SSSR count). The maximum Gasteiger partial charge on any atom is 0.323 e. The van der Waals surface area contributed by atoms with Crippen LogP contribution in [0.15, 0.2) is 29.6 Å². The third-order valence-electron chi connectivity index (χ3n) is 4.03. The van der Waals surface area contributed by atoms with Crippen LogP contribution in [0, 0.1) is 0 Å². The van der Waals surface area contributed by atoms with Gasteiger partial charge in [-0.1, -0.05) is 17.4 Å². The number of rotatable bonds is 3. The summed E-state index contributed by atoms with van der Waals surface area (Å²) in [5, 5.41) is 5.54. The van der Waals surface area contributed by atoms with Gasteiger partial charge in [-0.05, 0) is 23.6 Å². The molecule has 0 atom stereocenters. The maximum atomic E-state index is 12.4. The lowest BCUT2D eigenvalue weighted by Gasteiger charge is -2.26. The van der Waals surface area contributed by atoms with Crippen molar-refractivity contribution in [1.82, 2.24) is 9.88 Å². The van der Waals surface area contributed by atoms with Crippen LogP contribution in [0.1, 0.15) is 0 Å². The number of nitrogens with one attached hydrogen (secondary N) is 1. The first-order chi connectivity index (χ1) is 12.3. The number of amides is 2. The predicted octanol–water partition coefficient (Wildman–Crippen LogP) is 3.90. The molecule has 0 aliphatic carbocycles. The molecule has 0 radical (unpaired) electrons. The number of benzene rings is 1. The van der Waals surface area contributed by atoms with Crippen LogP contribution in [0.2, 0.25) is 0 Å². The van der Waals surface area contributed by atoms with E-state index < -0.39 is 0 Å². The van der Waals surface area contributed by atoms with Gasteiger partial charge in [-0.15, -0.1) is 11.3 Å². The number of thiophene rings is 1. The zero-order valence-corrected chi connectivity index (χ0v) is 15.3. The van der Waals surface area contributed by atoms with Gasteiger partial charge >= 0.3 is 6.03 Å². The Morgan fingerprint density at radius 3 is 2.88 bits per heavy atom. The highest BCUT2D eigenvalue weighted by Crippen LogP contribution is 2.40. The summed E-state index contributed by atoms with van der Waals surface area (Å²) in [4.78, 5) is 19.9. The number of urea groups is 1. The lowest BCUT2D eigenvalue weighted by Crippen LogP contribution is -2.43. The fourth-order valence-electron chi connectivity index (χ4n) is 2.76. The molecule has 0 bridgehead atoms. The van der Waals surface area contributed by atoms with E-state index in [2.05, 4.69) is 16.4 Å². The van der Waals surface area contributed by atoms with Crippen LogP contribution < -0.4 is 10.1 Å². The topological polar surface area (TPSA) is 63.7 Å². The molecule has 1 aliphatic heterocycles. The van der Waals surface area contributed by atoms with Gasteiger partial charge in [-0.25, -0.2) is 9.78 Å². The lowest BCUT2D eigenvalue weighted by molar-refractivity contribution is 0.0564. The van der Waals surface area contributed by atoms with E-state index in [1.165, 1.54) is 16.2 Å². The Hall–Kier alpha value is -2.16. The molecule has 0 spiro atoms. The monoisotopic (exact) mass is 375 g/mol. The third-order valence-corrected chi connectivity index (χ3v) is 5.93. The van der Waals surface area contributed by atoms with E-state index in [0.29, 0.717) is 37.2 Å². The van der Waals surface area contributed by atoms with Crippen LogP contribution in [0.5, 0.6) is 5.75 Å². The molecule has 8 heteroatoms. The average molecular weight is 375 g/mol. The number of nitrogens with zero attached hydrogens (tertiary/aromatic N) is 2. The maximum absolute atomic E-state index is 12.4. The van der Waals surface area contributed by atoms with E-state index in [9.17, 15) is 4.79 Å². The first-order valence-corrected chi connectivity index (χ1v) is 9.61. The number of ether oxygens (including phenoxy) is 2. The second-order valence-corrected chi connectivity index (χ2v) is 7.47. The van der Waals surface area contributed by atoms with Gasteiger partial charge in [0.25, 0.3) is 0 Å². The molecular weight excluding hydrogens is 358 g/mol. The van der Waals surface area contributed by atoms with E-state index in [1.807, 2.05) is 23.6 Å². The highest BCUT2D eigenvalue weighted by molar-refractivity contribution is 7.23. The molecule has 25 heavy (non-hydrogen) atoms. The van der Waals surface area contributed by atoms with Gasteiger partial charge in [-0.3, -0.25) is 5.32 Å². The summed E-state index contributed by atoms with van der Waals surface area (Å²) in [5.41, 5.74) is 1.88. The zero-order chi connectivity index (χ0) is 17.2. The van der Waals surface area contributed by atoms with Crippen LogP contribution in [0.3, 0.4) is 0 Å². The van der Waals surface area contributed by atoms with Crippen LogP contribution in [-0.4, -0.2) is 49.3 Å². The normalized spacial score (nSPS) is 14.7. The first-order valence-electron chi connectivity index (χ1n) is 7.91. The van der Waals surface area contributed by atoms with Crippen molar-refractivity contribution in [2.24, 2.45) is 0 Å². The Morgan fingerprint density at radius 1 is 1.32 bits per heavy atom. The van der Waals surface area contributed by atoms with Crippen LogP contribution in [0.4, 0.5) is 9.93 Å². The standard InChI is InChI=1S/C17H17N3O3S2/c1-22-12-5-4-11(13-3-2-10-24-13)15-14(12)18-16(25-15)19-17(21)20-6-8-23-9-7-20/h2-5,10H,6-9H2,1H3,(H,18,19,21). The summed E-state index contributed by atoms with van der Waals surface area (Å²) in [6, 6.07) is 7.93. The van der Waals surface area contributed by atoms with Crippen molar-refractivity contribution in [2.45, 2.75) is 0 Å². The second kappa shape index (κ2) is 6.99. The Balaban J connectivity index is 1.68. The number of thiazole rings is 1. The van der Waals surface area contributed by atoms with Gasteiger partial charge in [0.15, 0.2) is 5.13 Å². The summed E-state index contributed by atoms with van der Waals surface area (Å²) in [7, 11) is 1.63. The summed E-state index contributed by atoms with van der Waals surface area (Å²) in [6.45, 7) is 2.34. The van der Waals surface area contributed by atoms with Gasteiger partial charge in [0, 0.05) is 23.5 Å². The van der Waals surface area contributed by atoms with Crippen molar-refractivity contribution >= 4 is 44.1 Å². The molecule has 1 aromatic carbocycles.